The molecule has 0 spiro atoms. The summed E-state index contributed by atoms with van der Waals surface area (Å²) < 4.78 is 0. The number of nitrogens with zero attached hydrogens (tertiary/aromatic N) is 2. The van der Waals surface area contributed by atoms with Crippen LogP contribution in [0.15, 0.2) is 18.2 Å². The molecule has 2 rings (SSSR count). The Bertz CT molecular complexity index is 542. The Labute approximate surface area is 129 Å². The number of benzene rings is 1. The number of aryl methyl sites for hydroxylation is 1. The van der Waals surface area contributed by atoms with Crippen LogP contribution in [0.1, 0.15) is 15.9 Å². The molecule has 1 saturated heterocycles. The number of carbonyl (C=O) groups excluding carboxylic acids is 2. The Hall–Kier alpha value is -1.59. The zero-order valence-corrected chi connectivity index (χ0v) is 13.1. The van der Waals surface area contributed by atoms with E-state index in [9.17, 15) is 9.59 Å². The number of piperazine rings is 1. The Balaban J connectivity index is 2.00. The van der Waals surface area contributed by atoms with E-state index in [-0.39, 0.29) is 18.4 Å². The average molecular weight is 310 g/mol. The molecule has 2 amide bonds. The van der Waals surface area contributed by atoms with Crippen LogP contribution in [0, 0.1) is 6.92 Å². The van der Waals surface area contributed by atoms with Crippen LogP contribution in [0.3, 0.4) is 0 Å². The van der Waals surface area contributed by atoms with Gasteiger partial charge in [-0.3, -0.25) is 9.59 Å². The minimum Gasteiger partial charge on any atom is -0.339 e. The van der Waals surface area contributed by atoms with Crippen LogP contribution in [-0.2, 0) is 4.79 Å². The number of hydrogen-bond acceptors (Lipinski definition) is 3. The second kappa shape index (κ2) is 6.91. The molecule has 114 valence electrons. The number of halogens is 1. The largest absolute Gasteiger partial charge is 0.339 e. The monoisotopic (exact) mass is 309 g/mol. The number of amides is 2. The summed E-state index contributed by atoms with van der Waals surface area (Å²) >= 11 is 5.90. The van der Waals surface area contributed by atoms with Gasteiger partial charge < -0.3 is 15.1 Å². The lowest BCUT2D eigenvalue weighted by molar-refractivity contribution is -0.132. The predicted octanol–water partition coefficient (Wildman–Crippen LogP) is 1.15. The van der Waals surface area contributed by atoms with E-state index in [0.29, 0.717) is 23.7 Å². The first-order valence-electron chi connectivity index (χ1n) is 6.99. The summed E-state index contributed by atoms with van der Waals surface area (Å²) in [5, 5.41) is 3.80. The molecule has 1 aromatic carbocycles. The summed E-state index contributed by atoms with van der Waals surface area (Å²) in [5.74, 6) is -0.174. The second-order valence-electron chi connectivity index (χ2n) is 5.25. The molecule has 0 unspecified atom stereocenters. The fraction of sp³-hybridized carbons (Fsp3) is 0.467. The lowest BCUT2D eigenvalue weighted by atomic mass is 10.1. The normalized spacial score (nSPS) is 14.9. The van der Waals surface area contributed by atoms with Gasteiger partial charge in [-0.05, 0) is 30.7 Å². The maximum absolute atomic E-state index is 12.4. The third kappa shape index (κ3) is 3.95. The number of rotatable bonds is 3. The first-order chi connectivity index (χ1) is 9.99. The van der Waals surface area contributed by atoms with E-state index in [1.807, 2.05) is 6.92 Å². The molecule has 0 aromatic heterocycles. The smallest absolute Gasteiger partial charge is 0.254 e. The Morgan fingerprint density at radius 1 is 1.33 bits per heavy atom. The van der Waals surface area contributed by atoms with Crippen molar-refractivity contribution in [3.05, 3.63) is 34.3 Å². The number of hydrogen-bond donors (Lipinski definition) is 1. The molecule has 1 aromatic rings. The Morgan fingerprint density at radius 2 is 2.00 bits per heavy atom. The summed E-state index contributed by atoms with van der Waals surface area (Å²) in [6.07, 6.45) is 0. The number of nitrogens with one attached hydrogen (secondary N) is 1. The van der Waals surface area contributed by atoms with E-state index in [1.165, 1.54) is 4.90 Å². The topological polar surface area (TPSA) is 52.7 Å². The molecule has 1 N–H and O–H groups in total. The van der Waals surface area contributed by atoms with Gasteiger partial charge in [-0.25, -0.2) is 0 Å². The number of carbonyl (C=O) groups is 2. The van der Waals surface area contributed by atoms with Gasteiger partial charge in [0.2, 0.25) is 5.91 Å². The fourth-order valence-electron chi connectivity index (χ4n) is 2.36. The number of likely N-dealkylation sites (N-methyl/N-ethyl adjacent to an activating group) is 1. The fourth-order valence-corrected chi connectivity index (χ4v) is 2.59. The van der Waals surface area contributed by atoms with Crippen molar-refractivity contribution >= 4 is 23.4 Å². The van der Waals surface area contributed by atoms with Crippen molar-refractivity contribution in [1.29, 1.82) is 0 Å². The zero-order valence-electron chi connectivity index (χ0n) is 12.4. The van der Waals surface area contributed by atoms with Crippen LogP contribution in [0.25, 0.3) is 0 Å². The highest BCUT2D eigenvalue weighted by Gasteiger charge is 2.21. The molecular formula is C15H20ClN3O2. The van der Waals surface area contributed by atoms with E-state index >= 15 is 0 Å². The summed E-state index contributed by atoms with van der Waals surface area (Å²) in [6, 6.07) is 5.14. The molecule has 1 aliphatic rings. The first kappa shape index (κ1) is 15.8. The molecule has 1 heterocycles. The highest BCUT2D eigenvalue weighted by atomic mass is 35.5. The minimum absolute atomic E-state index is 0.0148. The van der Waals surface area contributed by atoms with E-state index in [0.717, 1.165) is 18.7 Å². The SMILES string of the molecule is Cc1cc(Cl)ccc1C(=O)N(C)CC(=O)N1CCNCC1. The zero-order chi connectivity index (χ0) is 15.4. The molecule has 0 radical (unpaired) electrons. The standard InChI is InChI=1S/C15H20ClN3O2/c1-11-9-12(16)3-4-13(11)15(21)18(2)10-14(20)19-7-5-17-6-8-19/h3-4,9,17H,5-8,10H2,1-2H3. The predicted molar refractivity (Wildman–Crippen MR) is 82.6 cm³/mol. The van der Waals surface area contributed by atoms with Crippen molar-refractivity contribution in [1.82, 2.24) is 15.1 Å². The van der Waals surface area contributed by atoms with Gasteiger partial charge in [-0.15, -0.1) is 0 Å². The quantitative estimate of drug-likeness (QED) is 0.911. The maximum atomic E-state index is 12.4. The van der Waals surface area contributed by atoms with Crippen molar-refractivity contribution < 1.29 is 9.59 Å². The van der Waals surface area contributed by atoms with Crippen molar-refractivity contribution in [2.24, 2.45) is 0 Å². The molecule has 0 atom stereocenters. The first-order valence-corrected chi connectivity index (χ1v) is 7.37. The third-order valence-electron chi connectivity index (χ3n) is 3.61. The van der Waals surface area contributed by atoms with Crippen LogP contribution in [0.4, 0.5) is 0 Å². The summed E-state index contributed by atoms with van der Waals surface area (Å²) in [6.45, 7) is 4.94. The molecule has 1 fully saturated rings. The maximum Gasteiger partial charge on any atom is 0.254 e. The van der Waals surface area contributed by atoms with E-state index in [4.69, 9.17) is 11.6 Å². The van der Waals surface area contributed by atoms with Crippen LogP contribution in [0.2, 0.25) is 5.02 Å². The summed E-state index contributed by atoms with van der Waals surface area (Å²) in [5.41, 5.74) is 1.39. The highest BCUT2D eigenvalue weighted by molar-refractivity contribution is 6.30. The van der Waals surface area contributed by atoms with Crippen LogP contribution in [-0.4, -0.2) is 61.4 Å². The van der Waals surface area contributed by atoms with Gasteiger partial charge in [0.05, 0.1) is 6.54 Å². The molecule has 0 saturated carbocycles. The van der Waals surface area contributed by atoms with Gasteiger partial charge in [0.25, 0.3) is 5.91 Å². The van der Waals surface area contributed by atoms with Crippen LogP contribution < -0.4 is 5.32 Å². The van der Waals surface area contributed by atoms with E-state index < -0.39 is 0 Å². The van der Waals surface area contributed by atoms with Crippen molar-refractivity contribution in [3.8, 4) is 0 Å². The van der Waals surface area contributed by atoms with Crippen molar-refractivity contribution in [2.75, 3.05) is 39.8 Å². The Morgan fingerprint density at radius 3 is 2.62 bits per heavy atom. The van der Waals surface area contributed by atoms with Gasteiger partial charge in [0.15, 0.2) is 0 Å². The van der Waals surface area contributed by atoms with E-state index in [1.54, 1.807) is 30.1 Å². The van der Waals surface area contributed by atoms with Gasteiger partial charge >= 0.3 is 0 Å². The second-order valence-corrected chi connectivity index (χ2v) is 5.69. The molecule has 0 aliphatic carbocycles. The molecular weight excluding hydrogens is 290 g/mol. The molecule has 5 nitrogen and oxygen atoms in total. The molecule has 0 bridgehead atoms. The van der Waals surface area contributed by atoms with Crippen molar-refractivity contribution in [2.45, 2.75) is 6.92 Å². The Kier molecular flexibility index (Phi) is 5.20. The van der Waals surface area contributed by atoms with Crippen LogP contribution in [0.5, 0.6) is 0 Å². The van der Waals surface area contributed by atoms with Gasteiger partial charge in [-0.1, -0.05) is 11.6 Å². The van der Waals surface area contributed by atoms with Gasteiger partial charge in [-0.2, -0.15) is 0 Å². The van der Waals surface area contributed by atoms with Gasteiger partial charge in [0.1, 0.15) is 0 Å². The van der Waals surface area contributed by atoms with Crippen molar-refractivity contribution in [3.63, 3.8) is 0 Å². The lowest BCUT2D eigenvalue weighted by Crippen LogP contribution is -2.49. The third-order valence-corrected chi connectivity index (χ3v) is 3.84. The summed E-state index contributed by atoms with van der Waals surface area (Å²) in [4.78, 5) is 27.8. The van der Waals surface area contributed by atoms with Crippen LogP contribution >= 0.6 is 11.6 Å². The van der Waals surface area contributed by atoms with Gasteiger partial charge in [0, 0.05) is 43.8 Å². The minimum atomic E-state index is -0.160. The average Bonchev–Trinajstić information content (AvgIpc) is 2.47. The molecule has 1 aliphatic heterocycles. The summed E-state index contributed by atoms with van der Waals surface area (Å²) in [7, 11) is 1.65. The molecule has 6 heteroatoms. The molecule has 21 heavy (non-hydrogen) atoms. The van der Waals surface area contributed by atoms with E-state index in [2.05, 4.69) is 5.32 Å². The highest BCUT2D eigenvalue weighted by Crippen LogP contribution is 2.16. The lowest BCUT2D eigenvalue weighted by Gasteiger charge is -2.29.